The largest absolute Gasteiger partial charge is 0.308 e. The second kappa shape index (κ2) is 5.87. The van der Waals surface area contributed by atoms with Gasteiger partial charge in [-0.25, -0.2) is 0 Å². The summed E-state index contributed by atoms with van der Waals surface area (Å²) in [5.74, 6) is 0. The Bertz CT molecular complexity index is 1880. The SMILES string of the molecule is c1ccc2c(c1)Cc1cc3c(cc1-2)-n1c2c(cccc2c2ccc4c(c21)-c1ccccc1C4)C3. The average Bonchev–Trinajstić information content (AvgIpc) is 3.53. The summed E-state index contributed by atoms with van der Waals surface area (Å²) in [4.78, 5) is 0. The van der Waals surface area contributed by atoms with Gasteiger partial charge in [0.25, 0.3) is 0 Å². The molecule has 1 aromatic heterocycles. The monoisotopic (exact) mass is 431 g/mol. The fraction of sp³-hybridized carbons (Fsp3) is 0.0909. The molecule has 1 aliphatic heterocycles. The van der Waals surface area contributed by atoms with Gasteiger partial charge in [0.05, 0.1) is 16.7 Å². The van der Waals surface area contributed by atoms with Gasteiger partial charge in [-0.3, -0.25) is 0 Å². The number of hydrogen-bond donors (Lipinski definition) is 0. The maximum atomic E-state index is 2.61. The lowest BCUT2D eigenvalue weighted by atomic mass is 9.93. The van der Waals surface area contributed by atoms with Crippen molar-refractivity contribution >= 4 is 21.8 Å². The Morgan fingerprint density at radius 1 is 0.441 bits per heavy atom. The molecule has 0 fully saturated rings. The molecule has 0 amide bonds. The van der Waals surface area contributed by atoms with Gasteiger partial charge < -0.3 is 4.57 Å². The third kappa shape index (κ3) is 1.98. The summed E-state index contributed by atoms with van der Waals surface area (Å²) >= 11 is 0. The van der Waals surface area contributed by atoms with E-state index in [0.717, 1.165) is 19.3 Å². The van der Waals surface area contributed by atoms with Crippen LogP contribution in [0.5, 0.6) is 0 Å². The van der Waals surface area contributed by atoms with Crippen LogP contribution in [-0.2, 0) is 19.3 Å². The fourth-order valence-corrected chi connectivity index (χ4v) is 7.00. The molecule has 0 saturated carbocycles. The Morgan fingerprint density at radius 3 is 2.06 bits per heavy atom. The van der Waals surface area contributed by atoms with Crippen LogP contribution in [0.2, 0.25) is 0 Å². The van der Waals surface area contributed by atoms with Crippen LogP contribution in [0.4, 0.5) is 0 Å². The third-order valence-corrected chi connectivity index (χ3v) is 8.40. The van der Waals surface area contributed by atoms with Gasteiger partial charge in [-0.1, -0.05) is 84.9 Å². The van der Waals surface area contributed by atoms with Crippen LogP contribution in [0.3, 0.4) is 0 Å². The minimum absolute atomic E-state index is 1.01. The molecular formula is C33H21N. The standard InChI is InChI=1S/C33H21N/c1-3-9-25-19(6-1)15-23-17-24-16-22-8-5-11-27-28-13-12-21-14-20-7-2-4-10-26(20)31(21)33(28)34(32(22)27)30(24)18-29(23)25/h1-13,17-18H,14-16H2. The van der Waals surface area contributed by atoms with E-state index in [4.69, 9.17) is 0 Å². The maximum Gasteiger partial charge on any atom is 0.0622 e. The number of benzene rings is 5. The van der Waals surface area contributed by atoms with Crippen molar-refractivity contribution in [2.24, 2.45) is 0 Å². The molecule has 0 bridgehead atoms. The average molecular weight is 432 g/mol. The number of para-hydroxylation sites is 1. The van der Waals surface area contributed by atoms with E-state index in [1.807, 2.05) is 0 Å². The molecule has 0 unspecified atom stereocenters. The molecule has 0 atom stereocenters. The third-order valence-electron chi connectivity index (χ3n) is 8.40. The number of aromatic nitrogens is 1. The summed E-state index contributed by atoms with van der Waals surface area (Å²) in [6.07, 6.45) is 3.08. The second-order valence-corrected chi connectivity index (χ2v) is 10.1. The van der Waals surface area contributed by atoms with E-state index in [0.29, 0.717) is 0 Å². The quantitative estimate of drug-likeness (QED) is 0.231. The molecule has 0 N–H and O–H groups in total. The van der Waals surface area contributed by atoms with Gasteiger partial charge in [0.15, 0.2) is 0 Å². The van der Waals surface area contributed by atoms with Gasteiger partial charge in [0.2, 0.25) is 0 Å². The molecule has 6 aromatic rings. The molecule has 1 heteroatoms. The number of fused-ring (bicyclic) bond motifs is 12. The number of hydrogen-bond acceptors (Lipinski definition) is 0. The second-order valence-electron chi connectivity index (χ2n) is 10.1. The van der Waals surface area contributed by atoms with Gasteiger partial charge >= 0.3 is 0 Å². The summed E-state index contributed by atoms with van der Waals surface area (Å²) < 4.78 is 2.61. The van der Waals surface area contributed by atoms with Crippen molar-refractivity contribution in [2.75, 3.05) is 0 Å². The van der Waals surface area contributed by atoms with Crippen LogP contribution in [0.1, 0.15) is 33.4 Å². The minimum Gasteiger partial charge on any atom is -0.308 e. The highest BCUT2D eigenvalue weighted by Crippen LogP contribution is 2.49. The summed E-state index contributed by atoms with van der Waals surface area (Å²) in [6.45, 7) is 0. The minimum atomic E-state index is 1.01. The van der Waals surface area contributed by atoms with Crippen LogP contribution in [0.15, 0.2) is 91.0 Å². The Hall–Kier alpha value is -4.10. The smallest absolute Gasteiger partial charge is 0.0622 e. The lowest BCUT2D eigenvalue weighted by Crippen LogP contribution is -2.09. The van der Waals surface area contributed by atoms with E-state index in [-0.39, 0.29) is 0 Å². The molecule has 2 aliphatic carbocycles. The van der Waals surface area contributed by atoms with Crippen LogP contribution in [-0.4, -0.2) is 4.57 Å². The highest BCUT2D eigenvalue weighted by Gasteiger charge is 2.30. The number of rotatable bonds is 0. The lowest BCUT2D eigenvalue weighted by Gasteiger charge is -2.23. The molecule has 158 valence electrons. The van der Waals surface area contributed by atoms with Gasteiger partial charge in [-0.05, 0) is 69.0 Å². The van der Waals surface area contributed by atoms with Gasteiger partial charge in [0, 0.05) is 22.8 Å². The van der Waals surface area contributed by atoms with Gasteiger partial charge in [-0.2, -0.15) is 0 Å². The maximum absolute atomic E-state index is 2.61. The molecule has 0 radical (unpaired) electrons. The van der Waals surface area contributed by atoms with Crippen molar-refractivity contribution in [1.82, 2.24) is 4.57 Å². The molecule has 1 nitrogen and oxygen atoms in total. The molecule has 5 aromatic carbocycles. The molecule has 9 rings (SSSR count). The summed E-state index contributed by atoms with van der Waals surface area (Å²) in [6, 6.07) is 34.5. The Labute approximate surface area is 197 Å². The predicted octanol–water partition coefficient (Wildman–Crippen LogP) is 7.83. The summed E-state index contributed by atoms with van der Waals surface area (Å²) in [7, 11) is 0. The fourth-order valence-electron chi connectivity index (χ4n) is 7.00. The predicted molar refractivity (Wildman–Crippen MR) is 140 cm³/mol. The lowest BCUT2D eigenvalue weighted by molar-refractivity contribution is 1.04. The number of nitrogens with zero attached hydrogens (tertiary/aromatic N) is 1. The first-order valence-electron chi connectivity index (χ1n) is 12.3. The van der Waals surface area contributed by atoms with Crippen molar-refractivity contribution < 1.29 is 0 Å². The zero-order chi connectivity index (χ0) is 22.0. The highest BCUT2D eigenvalue weighted by atomic mass is 15.0. The van der Waals surface area contributed by atoms with Gasteiger partial charge in [-0.15, -0.1) is 0 Å². The summed E-state index contributed by atoms with van der Waals surface area (Å²) in [5, 5.41) is 2.76. The Kier molecular flexibility index (Phi) is 3.00. The Balaban J connectivity index is 1.46. The first kappa shape index (κ1) is 17.4. The van der Waals surface area contributed by atoms with Crippen molar-refractivity contribution in [3.05, 3.63) is 124 Å². The topological polar surface area (TPSA) is 4.93 Å². The molecular weight excluding hydrogens is 410 g/mol. The van der Waals surface area contributed by atoms with Gasteiger partial charge in [0.1, 0.15) is 0 Å². The van der Waals surface area contributed by atoms with Crippen molar-refractivity contribution in [2.45, 2.75) is 19.3 Å². The van der Waals surface area contributed by atoms with E-state index in [9.17, 15) is 0 Å². The zero-order valence-corrected chi connectivity index (χ0v) is 18.7. The summed E-state index contributed by atoms with van der Waals surface area (Å²) in [5.41, 5.74) is 18.5. The molecule has 3 aliphatic rings. The molecule has 2 heterocycles. The van der Waals surface area contributed by atoms with E-state index in [2.05, 4.69) is 95.6 Å². The Morgan fingerprint density at radius 2 is 1.15 bits per heavy atom. The first-order valence-corrected chi connectivity index (χ1v) is 12.3. The van der Waals surface area contributed by atoms with Crippen LogP contribution < -0.4 is 0 Å². The van der Waals surface area contributed by atoms with E-state index < -0.39 is 0 Å². The van der Waals surface area contributed by atoms with E-state index in [1.54, 1.807) is 0 Å². The molecule has 0 saturated heterocycles. The zero-order valence-electron chi connectivity index (χ0n) is 18.7. The van der Waals surface area contributed by atoms with Crippen molar-refractivity contribution in [1.29, 1.82) is 0 Å². The molecule has 0 spiro atoms. The van der Waals surface area contributed by atoms with Crippen LogP contribution >= 0.6 is 0 Å². The van der Waals surface area contributed by atoms with Crippen molar-refractivity contribution in [3.63, 3.8) is 0 Å². The van der Waals surface area contributed by atoms with E-state index >= 15 is 0 Å². The van der Waals surface area contributed by atoms with Crippen molar-refractivity contribution in [3.8, 4) is 27.9 Å². The highest BCUT2D eigenvalue weighted by molar-refractivity contribution is 6.16. The first-order chi connectivity index (χ1) is 16.8. The normalized spacial score (nSPS) is 14.1. The van der Waals surface area contributed by atoms with E-state index in [1.165, 1.54) is 83.1 Å². The van der Waals surface area contributed by atoms with Crippen LogP contribution in [0.25, 0.3) is 49.7 Å². The van der Waals surface area contributed by atoms with Crippen LogP contribution in [0, 0.1) is 0 Å². The molecule has 34 heavy (non-hydrogen) atoms.